The van der Waals surface area contributed by atoms with E-state index in [1.807, 2.05) is 11.8 Å². The van der Waals surface area contributed by atoms with Crippen LogP contribution in [0, 0.1) is 11.8 Å². The Kier molecular flexibility index (Phi) is 3.93. The molecule has 1 atom stereocenters. The van der Waals surface area contributed by atoms with Crippen LogP contribution in [0.25, 0.3) is 0 Å². The standard InChI is InChI=1S/C9H15NOS/c1-9(10-6-8-12-9)5-3-2-4-7-11/h10-11H,3,5-8H2,1H3. The summed E-state index contributed by atoms with van der Waals surface area (Å²) in [6.07, 6.45) is 1.93. The van der Waals surface area contributed by atoms with E-state index in [0.717, 1.165) is 19.4 Å². The summed E-state index contributed by atoms with van der Waals surface area (Å²) < 4.78 is 0. The van der Waals surface area contributed by atoms with Crippen molar-refractivity contribution in [2.45, 2.75) is 24.6 Å². The molecule has 1 rings (SSSR count). The van der Waals surface area contributed by atoms with Crippen LogP contribution >= 0.6 is 11.8 Å². The third-order valence-electron chi connectivity index (χ3n) is 1.95. The van der Waals surface area contributed by atoms with Crippen molar-refractivity contribution < 1.29 is 5.11 Å². The van der Waals surface area contributed by atoms with E-state index in [1.165, 1.54) is 5.75 Å². The summed E-state index contributed by atoms with van der Waals surface area (Å²) in [7, 11) is 0. The first kappa shape index (κ1) is 9.91. The Bertz CT molecular complexity index is 188. The van der Waals surface area contributed by atoms with Gasteiger partial charge in [0.1, 0.15) is 6.61 Å². The number of aliphatic hydroxyl groups excluding tert-OH is 1. The summed E-state index contributed by atoms with van der Waals surface area (Å²) in [5.41, 5.74) is 0. The molecule has 1 aliphatic heterocycles. The molecule has 0 aromatic heterocycles. The lowest BCUT2D eigenvalue weighted by atomic mass is 10.2. The van der Waals surface area contributed by atoms with Crippen molar-refractivity contribution in [1.29, 1.82) is 0 Å². The smallest absolute Gasteiger partial charge is 0.104 e. The fourth-order valence-corrected chi connectivity index (χ4v) is 2.35. The van der Waals surface area contributed by atoms with E-state index in [9.17, 15) is 0 Å². The van der Waals surface area contributed by atoms with Gasteiger partial charge in [-0.1, -0.05) is 5.92 Å². The van der Waals surface area contributed by atoms with E-state index in [1.54, 1.807) is 0 Å². The molecule has 0 aliphatic carbocycles. The van der Waals surface area contributed by atoms with Crippen LogP contribution in [0.5, 0.6) is 0 Å². The van der Waals surface area contributed by atoms with Crippen molar-refractivity contribution in [3.63, 3.8) is 0 Å². The van der Waals surface area contributed by atoms with Crippen molar-refractivity contribution in [2.75, 3.05) is 18.9 Å². The van der Waals surface area contributed by atoms with Gasteiger partial charge >= 0.3 is 0 Å². The Labute approximate surface area is 78.1 Å². The minimum atomic E-state index is -0.0166. The lowest BCUT2D eigenvalue weighted by Crippen LogP contribution is -2.33. The predicted octanol–water partition coefficient (Wildman–Crippen LogP) is 0.815. The van der Waals surface area contributed by atoms with Crippen LogP contribution in [0.4, 0.5) is 0 Å². The quantitative estimate of drug-likeness (QED) is 0.625. The molecule has 2 nitrogen and oxygen atoms in total. The Hall–Kier alpha value is -0.170. The van der Waals surface area contributed by atoms with Gasteiger partial charge in [0, 0.05) is 18.7 Å². The number of hydrogen-bond donors (Lipinski definition) is 2. The monoisotopic (exact) mass is 185 g/mol. The van der Waals surface area contributed by atoms with Crippen LogP contribution in [0.1, 0.15) is 19.8 Å². The highest BCUT2D eigenvalue weighted by Crippen LogP contribution is 2.30. The molecule has 1 heterocycles. The molecule has 12 heavy (non-hydrogen) atoms. The normalized spacial score (nSPS) is 28.2. The maximum absolute atomic E-state index is 8.43. The summed E-state index contributed by atoms with van der Waals surface area (Å²) in [5, 5.41) is 11.9. The molecule has 0 spiro atoms. The first-order chi connectivity index (χ1) is 5.77. The number of rotatable bonds is 2. The lowest BCUT2D eigenvalue weighted by molar-refractivity contribution is 0.350. The van der Waals surface area contributed by atoms with E-state index >= 15 is 0 Å². The van der Waals surface area contributed by atoms with Crippen LogP contribution in [-0.4, -0.2) is 28.9 Å². The Morgan fingerprint density at radius 1 is 1.58 bits per heavy atom. The molecular weight excluding hydrogens is 170 g/mol. The molecule has 68 valence electrons. The average molecular weight is 185 g/mol. The minimum Gasteiger partial charge on any atom is -0.384 e. The molecule has 3 heteroatoms. The van der Waals surface area contributed by atoms with Gasteiger partial charge in [-0.15, -0.1) is 17.7 Å². The molecule has 0 radical (unpaired) electrons. The van der Waals surface area contributed by atoms with Gasteiger partial charge in [-0.2, -0.15) is 0 Å². The third kappa shape index (κ3) is 3.06. The maximum Gasteiger partial charge on any atom is 0.104 e. The second-order valence-electron chi connectivity index (χ2n) is 3.02. The molecular formula is C9H15NOS. The minimum absolute atomic E-state index is 0.0166. The van der Waals surface area contributed by atoms with E-state index < -0.39 is 0 Å². The summed E-state index contributed by atoms with van der Waals surface area (Å²) in [5.74, 6) is 6.79. The predicted molar refractivity (Wildman–Crippen MR) is 53.0 cm³/mol. The lowest BCUT2D eigenvalue weighted by Gasteiger charge is -2.21. The maximum atomic E-state index is 8.43. The largest absolute Gasteiger partial charge is 0.384 e. The van der Waals surface area contributed by atoms with Gasteiger partial charge in [-0.3, -0.25) is 0 Å². The molecule has 1 fully saturated rings. The second kappa shape index (κ2) is 4.76. The molecule has 2 N–H and O–H groups in total. The number of aliphatic hydroxyl groups is 1. The first-order valence-electron chi connectivity index (χ1n) is 4.22. The van der Waals surface area contributed by atoms with E-state index in [0.29, 0.717) is 0 Å². The van der Waals surface area contributed by atoms with Crippen molar-refractivity contribution >= 4 is 11.8 Å². The highest BCUT2D eigenvalue weighted by molar-refractivity contribution is 8.00. The molecule has 0 aromatic carbocycles. The molecule has 1 aliphatic rings. The molecule has 0 saturated carbocycles. The van der Waals surface area contributed by atoms with Crippen LogP contribution in [-0.2, 0) is 0 Å². The van der Waals surface area contributed by atoms with Crippen LogP contribution < -0.4 is 5.32 Å². The van der Waals surface area contributed by atoms with Gasteiger partial charge < -0.3 is 10.4 Å². The van der Waals surface area contributed by atoms with Crippen molar-refractivity contribution in [3.05, 3.63) is 0 Å². The molecule has 0 amide bonds. The summed E-state index contributed by atoms with van der Waals surface area (Å²) in [6, 6.07) is 0. The van der Waals surface area contributed by atoms with Gasteiger partial charge in [0.15, 0.2) is 0 Å². The number of thioether (sulfide) groups is 1. The highest BCUT2D eigenvalue weighted by atomic mass is 32.2. The van der Waals surface area contributed by atoms with Gasteiger partial charge in [0.2, 0.25) is 0 Å². The zero-order valence-electron chi connectivity index (χ0n) is 7.39. The zero-order valence-corrected chi connectivity index (χ0v) is 8.21. The second-order valence-corrected chi connectivity index (χ2v) is 4.62. The third-order valence-corrected chi connectivity index (χ3v) is 3.35. The van der Waals surface area contributed by atoms with E-state index in [2.05, 4.69) is 24.1 Å². The highest BCUT2D eigenvalue weighted by Gasteiger charge is 2.27. The zero-order chi connectivity index (χ0) is 8.86. The first-order valence-corrected chi connectivity index (χ1v) is 5.21. The average Bonchev–Trinajstić information content (AvgIpc) is 2.47. The van der Waals surface area contributed by atoms with Crippen molar-refractivity contribution in [1.82, 2.24) is 5.32 Å². The fourth-order valence-electron chi connectivity index (χ4n) is 1.25. The molecule has 0 aromatic rings. The Morgan fingerprint density at radius 3 is 3.00 bits per heavy atom. The number of hydrogen-bond acceptors (Lipinski definition) is 3. The van der Waals surface area contributed by atoms with Crippen LogP contribution in [0.3, 0.4) is 0 Å². The fraction of sp³-hybridized carbons (Fsp3) is 0.778. The summed E-state index contributed by atoms with van der Waals surface area (Å²) >= 11 is 1.96. The van der Waals surface area contributed by atoms with E-state index in [-0.39, 0.29) is 11.5 Å². The van der Waals surface area contributed by atoms with Crippen molar-refractivity contribution in [2.24, 2.45) is 0 Å². The SMILES string of the molecule is CC1(CCC#CCO)NCCS1. The number of nitrogens with one attached hydrogen (secondary N) is 1. The summed E-state index contributed by atoms with van der Waals surface area (Å²) in [4.78, 5) is 0.226. The van der Waals surface area contributed by atoms with Crippen molar-refractivity contribution in [3.8, 4) is 11.8 Å². The van der Waals surface area contributed by atoms with E-state index in [4.69, 9.17) is 5.11 Å². The van der Waals surface area contributed by atoms with Crippen LogP contribution in [0.2, 0.25) is 0 Å². The van der Waals surface area contributed by atoms with Crippen LogP contribution in [0.15, 0.2) is 0 Å². The molecule has 1 saturated heterocycles. The Morgan fingerprint density at radius 2 is 2.42 bits per heavy atom. The van der Waals surface area contributed by atoms with Gasteiger partial charge in [0.05, 0.1) is 4.87 Å². The molecule has 0 bridgehead atoms. The topological polar surface area (TPSA) is 32.3 Å². The van der Waals surface area contributed by atoms with Gasteiger partial charge in [-0.05, 0) is 13.3 Å². The summed E-state index contributed by atoms with van der Waals surface area (Å²) in [6.45, 7) is 3.30. The van der Waals surface area contributed by atoms with Gasteiger partial charge in [-0.25, -0.2) is 0 Å². The Balaban J connectivity index is 2.21. The molecule has 1 unspecified atom stereocenters. The van der Waals surface area contributed by atoms with Gasteiger partial charge in [0.25, 0.3) is 0 Å².